The molecule has 16 heavy (non-hydrogen) atoms. The van der Waals surface area contributed by atoms with Crippen molar-refractivity contribution in [3.8, 4) is 0 Å². The fourth-order valence-electron chi connectivity index (χ4n) is 2.02. The molecular formula is C11H18N4O. The van der Waals surface area contributed by atoms with Gasteiger partial charge in [0.25, 0.3) is 0 Å². The topological polar surface area (TPSA) is 75.3 Å². The van der Waals surface area contributed by atoms with E-state index in [-0.39, 0.29) is 6.10 Å². The van der Waals surface area contributed by atoms with Gasteiger partial charge in [-0.05, 0) is 18.4 Å². The first-order valence-electron chi connectivity index (χ1n) is 5.66. The lowest BCUT2D eigenvalue weighted by atomic mass is 9.96. The number of nitrogens with two attached hydrogens (primary N) is 1. The monoisotopic (exact) mass is 222 g/mol. The molecule has 1 saturated heterocycles. The quantitative estimate of drug-likeness (QED) is 0.744. The Morgan fingerprint density at radius 1 is 1.62 bits per heavy atom. The zero-order chi connectivity index (χ0) is 11.5. The Kier molecular flexibility index (Phi) is 3.36. The molecule has 0 spiro atoms. The van der Waals surface area contributed by atoms with Crippen LogP contribution in [0.4, 0.5) is 5.82 Å². The van der Waals surface area contributed by atoms with E-state index in [4.69, 9.17) is 5.73 Å². The smallest absolute Gasteiger partial charge is 0.155 e. The Bertz CT molecular complexity index is 358. The van der Waals surface area contributed by atoms with Crippen LogP contribution in [0, 0.1) is 5.92 Å². The Morgan fingerprint density at radius 2 is 2.44 bits per heavy atom. The summed E-state index contributed by atoms with van der Waals surface area (Å²) in [5, 5.41) is 17.9. The Labute approximate surface area is 95.3 Å². The molecule has 88 valence electrons. The highest BCUT2D eigenvalue weighted by Crippen LogP contribution is 2.23. The van der Waals surface area contributed by atoms with Crippen LogP contribution in [0.1, 0.15) is 18.9 Å². The first kappa shape index (κ1) is 11.3. The number of aliphatic hydroxyl groups excluding tert-OH is 1. The average Bonchev–Trinajstić information content (AvgIpc) is 2.32. The van der Waals surface area contributed by atoms with Crippen LogP contribution in [-0.4, -0.2) is 34.5 Å². The van der Waals surface area contributed by atoms with E-state index >= 15 is 0 Å². The third-order valence-electron chi connectivity index (χ3n) is 3.22. The van der Waals surface area contributed by atoms with Crippen molar-refractivity contribution in [3.63, 3.8) is 0 Å². The van der Waals surface area contributed by atoms with Gasteiger partial charge in [0.2, 0.25) is 0 Å². The van der Waals surface area contributed by atoms with Crippen molar-refractivity contribution in [3.05, 3.63) is 17.8 Å². The second kappa shape index (κ2) is 4.76. The molecule has 1 fully saturated rings. The first-order chi connectivity index (χ1) is 7.72. The van der Waals surface area contributed by atoms with E-state index in [1.165, 1.54) is 0 Å². The lowest BCUT2D eigenvalue weighted by Gasteiger charge is -2.35. The van der Waals surface area contributed by atoms with E-state index in [1.807, 2.05) is 6.07 Å². The van der Waals surface area contributed by atoms with Gasteiger partial charge in [-0.3, -0.25) is 0 Å². The minimum Gasteiger partial charge on any atom is -0.391 e. The van der Waals surface area contributed by atoms with Crippen molar-refractivity contribution in [1.29, 1.82) is 0 Å². The summed E-state index contributed by atoms with van der Waals surface area (Å²) >= 11 is 0. The van der Waals surface area contributed by atoms with E-state index in [0.29, 0.717) is 19.0 Å². The lowest BCUT2D eigenvalue weighted by Crippen LogP contribution is -2.43. The molecule has 0 bridgehead atoms. The van der Waals surface area contributed by atoms with Crippen LogP contribution >= 0.6 is 0 Å². The van der Waals surface area contributed by atoms with E-state index in [2.05, 4.69) is 22.0 Å². The van der Waals surface area contributed by atoms with Crippen LogP contribution in [0.15, 0.2) is 12.3 Å². The normalized spacial score (nSPS) is 25.8. The lowest BCUT2D eigenvalue weighted by molar-refractivity contribution is 0.102. The van der Waals surface area contributed by atoms with Gasteiger partial charge in [-0.1, -0.05) is 6.92 Å². The van der Waals surface area contributed by atoms with E-state index < -0.39 is 0 Å². The largest absolute Gasteiger partial charge is 0.391 e. The molecule has 2 heterocycles. The van der Waals surface area contributed by atoms with E-state index in [1.54, 1.807) is 6.20 Å². The maximum absolute atomic E-state index is 9.85. The van der Waals surface area contributed by atoms with Crippen molar-refractivity contribution in [1.82, 2.24) is 10.2 Å². The zero-order valence-corrected chi connectivity index (χ0v) is 9.50. The highest BCUT2D eigenvalue weighted by Gasteiger charge is 2.26. The average molecular weight is 222 g/mol. The van der Waals surface area contributed by atoms with Gasteiger partial charge >= 0.3 is 0 Å². The number of piperidine rings is 1. The van der Waals surface area contributed by atoms with Crippen LogP contribution in [0.2, 0.25) is 0 Å². The molecular weight excluding hydrogens is 204 g/mol. The van der Waals surface area contributed by atoms with Crippen LogP contribution in [-0.2, 0) is 6.54 Å². The van der Waals surface area contributed by atoms with Crippen molar-refractivity contribution < 1.29 is 5.11 Å². The predicted molar refractivity (Wildman–Crippen MR) is 61.9 cm³/mol. The maximum atomic E-state index is 9.85. The molecule has 1 aromatic heterocycles. The molecule has 2 unspecified atom stereocenters. The second-order valence-electron chi connectivity index (χ2n) is 4.36. The summed E-state index contributed by atoms with van der Waals surface area (Å²) in [6.45, 7) is 4.05. The molecule has 5 heteroatoms. The molecule has 0 radical (unpaired) electrons. The van der Waals surface area contributed by atoms with Gasteiger partial charge in [-0.15, -0.1) is 5.10 Å². The molecule has 5 nitrogen and oxygen atoms in total. The van der Waals surface area contributed by atoms with Gasteiger partial charge in [-0.2, -0.15) is 5.10 Å². The van der Waals surface area contributed by atoms with Gasteiger partial charge < -0.3 is 15.7 Å². The summed E-state index contributed by atoms with van der Waals surface area (Å²) in [5.74, 6) is 1.17. The van der Waals surface area contributed by atoms with Crippen molar-refractivity contribution in [2.24, 2.45) is 11.7 Å². The molecule has 1 aromatic rings. The Balaban J connectivity index is 2.18. The summed E-state index contributed by atoms with van der Waals surface area (Å²) in [4.78, 5) is 2.07. The molecule has 3 N–H and O–H groups in total. The number of nitrogens with zero attached hydrogens (tertiary/aromatic N) is 3. The number of β-amino-alcohol motifs (C(OH)–C–C–N with tert-alkyl or cyclic N) is 1. The minimum atomic E-state index is -0.290. The third-order valence-corrected chi connectivity index (χ3v) is 3.22. The molecule has 0 saturated carbocycles. The number of hydrogen-bond donors (Lipinski definition) is 2. The van der Waals surface area contributed by atoms with E-state index in [0.717, 1.165) is 24.3 Å². The number of aliphatic hydroxyl groups is 1. The molecule has 2 atom stereocenters. The van der Waals surface area contributed by atoms with Gasteiger partial charge in [0, 0.05) is 25.2 Å². The molecule has 0 aromatic carbocycles. The molecule has 1 aliphatic rings. The highest BCUT2D eigenvalue weighted by molar-refractivity contribution is 5.46. The fraction of sp³-hybridized carbons (Fsp3) is 0.636. The molecule has 0 aliphatic carbocycles. The van der Waals surface area contributed by atoms with Crippen molar-refractivity contribution in [2.75, 3.05) is 18.0 Å². The zero-order valence-electron chi connectivity index (χ0n) is 9.50. The molecule has 1 aliphatic heterocycles. The SMILES string of the molecule is CC1CCN(c2nnccc2CN)CC1O. The van der Waals surface area contributed by atoms with Crippen molar-refractivity contribution >= 4 is 5.82 Å². The van der Waals surface area contributed by atoms with Gasteiger partial charge in [-0.25, -0.2) is 0 Å². The van der Waals surface area contributed by atoms with Crippen LogP contribution in [0.3, 0.4) is 0 Å². The molecule has 0 amide bonds. The summed E-state index contributed by atoms with van der Waals surface area (Å²) in [5.41, 5.74) is 6.65. The number of anilines is 1. The Hall–Kier alpha value is -1.20. The first-order valence-corrected chi connectivity index (χ1v) is 5.66. The number of hydrogen-bond acceptors (Lipinski definition) is 5. The summed E-state index contributed by atoms with van der Waals surface area (Å²) < 4.78 is 0. The molecule has 2 rings (SSSR count). The van der Waals surface area contributed by atoms with Crippen molar-refractivity contribution in [2.45, 2.75) is 26.0 Å². The van der Waals surface area contributed by atoms with Crippen LogP contribution < -0.4 is 10.6 Å². The summed E-state index contributed by atoms with van der Waals surface area (Å²) in [6, 6.07) is 1.88. The van der Waals surface area contributed by atoms with Crippen LogP contribution in [0.25, 0.3) is 0 Å². The Morgan fingerprint density at radius 3 is 3.12 bits per heavy atom. The van der Waals surface area contributed by atoms with Gasteiger partial charge in [0.1, 0.15) is 0 Å². The second-order valence-corrected chi connectivity index (χ2v) is 4.36. The van der Waals surface area contributed by atoms with Crippen LogP contribution in [0.5, 0.6) is 0 Å². The summed E-state index contributed by atoms with van der Waals surface area (Å²) in [6.07, 6.45) is 2.33. The van der Waals surface area contributed by atoms with Gasteiger partial charge in [0.05, 0.1) is 12.3 Å². The minimum absolute atomic E-state index is 0.290. The number of aromatic nitrogens is 2. The third kappa shape index (κ3) is 2.15. The highest BCUT2D eigenvalue weighted by atomic mass is 16.3. The fourth-order valence-corrected chi connectivity index (χ4v) is 2.02. The van der Waals surface area contributed by atoms with Gasteiger partial charge in [0.15, 0.2) is 5.82 Å². The maximum Gasteiger partial charge on any atom is 0.155 e. The predicted octanol–water partition coefficient (Wildman–Crippen LogP) is 0.142. The standard InChI is InChI=1S/C11H18N4O/c1-8-3-5-15(7-10(8)16)11-9(6-12)2-4-13-14-11/h2,4,8,10,16H,3,5-7,12H2,1H3. The van der Waals surface area contributed by atoms with E-state index in [9.17, 15) is 5.11 Å². The summed E-state index contributed by atoms with van der Waals surface area (Å²) in [7, 11) is 0. The number of rotatable bonds is 2.